The number of rotatable bonds is 6. The molecule has 1 aliphatic carbocycles. The molecule has 5 heteroatoms. The lowest BCUT2D eigenvalue weighted by atomic mass is 9.95. The lowest BCUT2D eigenvalue weighted by Gasteiger charge is -2.16. The minimum Gasteiger partial charge on any atom is -0.497 e. The number of hydrogen-bond donors (Lipinski definition) is 2. The number of thiophene rings is 1. The van der Waals surface area contributed by atoms with E-state index in [-0.39, 0.29) is 11.8 Å². The summed E-state index contributed by atoms with van der Waals surface area (Å²) < 4.78 is 5.19. The van der Waals surface area contributed by atoms with E-state index < -0.39 is 0 Å². The highest BCUT2D eigenvalue weighted by Gasteiger charge is 2.31. The number of nitrogens with one attached hydrogen (secondary N) is 1. The summed E-state index contributed by atoms with van der Waals surface area (Å²) in [6.07, 6.45) is 3.16. The Morgan fingerprint density at radius 2 is 2.04 bits per heavy atom. The van der Waals surface area contributed by atoms with E-state index in [1.54, 1.807) is 18.4 Å². The van der Waals surface area contributed by atoms with Gasteiger partial charge < -0.3 is 15.8 Å². The molecule has 1 amide bonds. The Hall–Kier alpha value is -1.85. The second-order valence-electron chi connectivity index (χ2n) is 6.25. The van der Waals surface area contributed by atoms with Crippen LogP contribution in [-0.2, 0) is 11.3 Å². The fourth-order valence-corrected chi connectivity index (χ4v) is 4.31. The van der Waals surface area contributed by atoms with E-state index in [1.807, 2.05) is 12.1 Å². The van der Waals surface area contributed by atoms with Gasteiger partial charge >= 0.3 is 0 Å². The Kier molecular flexibility index (Phi) is 5.53. The first-order valence-corrected chi connectivity index (χ1v) is 9.24. The molecule has 2 aromatic rings. The van der Waals surface area contributed by atoms with Crippen molar-refractivity contribution in [2.45, 2.75) is 25.8 Å². The first-order valence-electron chi connectivity index (χ1n) is 8.42. The summed E-state index contributed by atoms with van der Waals surface area (Å²) in [5, 5.41) is 3.08. The van der Waals surface area contributed by atoms with E-state index in [0.717, 1.165) is 35.5 Å². The molecule has 4 nitrogen and oxygen atoms in total. The molecule has 3 rings (SSSR count). The third-order valence-electron chi connectivity index (χ3n) is 4.77. The Morgan fingerprint density at radius 3 is 2.75 bits per heavy atom. The van der Waals surface area contributed by atoms with Crippen LogP contribution in [0.3, 0.4) is 0 Å². The highest BCUT2D eigenvalue weighted by atomic mass is 32.1. The van der Waals surface area contributed by atoms with E-state index in [2.05, 4.69) is 29.6 Å². The third kappa shape index (κ3) is 3.79. The summed E-state index contributed by atoms with van der Waals surface area (Å²) in [6, 6.07) is 12.2. The molecule has 1 fully saturated rings. The minimum absolute atomic E-state index is 0.0935. The van der Waals surface area contributed by atoms with Crippen molar-refractivity contribution in [2.24, 2.45) is 17.6 Å². The van der Waals surface area contributed by atoms with Crippen LogP contribution in [-0.4, -0.2) is 19.6 Å². The molecule has 1 aromatic heterocycles. The van der Waals surface area contributed by atoms with E-state index in [0.29, 0.717) is 19.0 Å². The zero-order valence-corrected chi connectivity index (χ0v) is 14.8. The van der Waals surface area contributed by atoms with Gasteiger partial charge in [0.15, 0.2) is 0 Å². The number of carbonyl (C=O) groups excluding carboxylic acids is 1. The average molecular weight is 344 g/mol. The van der Waals surface area contributed by atoms with Crippen molar-refractivity contribution in [1.82, 2.24) is 5.32 Å². The summed E-state index contributed by atoms with van der Waals surface area (Å²) in [7, 11) is 1.67. The highest BCUT2D eigenvalue weighted by Crippen LogP contribution is 2.32. The molecule has 1 saturated carbocycles. The number of benzene rings is 1. The van der Waals surface area contributed by atoms with Gasteiger partial charge in [0, 0.05) is 15.7 Å². The van der Waals surface area contributed by atoms with Crippen molar-refractivity contribution >= 4 is 17.2 Å². The standard InChI is InChI=1S/C19H24N2O2S/c1-23-15-7-5-13(6-8-15)18-10-9-16(24-18)12-21-19(22)17-4-2-3-14(17)11-20/h5-10,14,17H,2-4,11-12,20H2,1H3,(H,21,22)/t14-,17-/m1/s1. The molecular formula is C19H24N2O2S. The Bertz CT molecular complexity index is 681. The predicted molar refractivity (Wildman–Crippen MR) is 98.0 cm³/mol. The van der Waals surface area contributed by atoms with Crippen molar-refractivity contribution in [3.63, 3.8) is 0 Å². The minimum atomic E-state index is 0.0935. The Balaban J connectivity index is 1.58. The quantitative estimate of drug-likeness (QED) is 0.844. The largest absolute Gasteiger partial charge is 0.497 e. The number of amides is 1. The van der Waals surface area contributed by atoms with Gasteiger partial charge in [-0.25, -0.2) is 0 Å². The SMILES string of the molecule is COc1ccc(-c2ccc(CNC(=O)[C@@H]3CCC[C@@H]3CN)s2)cc1. The highest BCUT2D eigenvalue weighted by molar-refractivity contribution is 7.15. The van der Waals surface area contributed by atoms with Crippen molar-refractivity contribution in [3.8, 4) is 16.2 Å². The second kappa shape index (κ2) is 7.81. The lowest BCUT2D eigenvalue weighted by Crippen LogP contribution is -2.34. The van der Waals surface area contributed by atoms with Crippen molar-refractivity contribution in [3.05, 3.63) is 41.3 Å². The number of hydrogen-bond acceptors (Lipinski definition) is 4. The first kappa shape index (κ1) is 17.0. The monoisotopic (exact) mass is 344 g/mol. The van der Waals surface area contributed by atoms with Gasteiger partial charge in [-0.15, -0.1) is 11.3 Å². The molecule has 1 heterocycles. The molecule has 0 spiro atoms. The first-order chi connectivity index (χ1) is 11.7. The van der Waals surface area contributed by atoms with Crippen LogP contribution in [0.1, 0.15) is 24.1 Å². The topological polar surface area (TPSA) is 64.3 Å². The molecule has 0 saturated heterocycles. The Morgan fingerprint density at radius 1 is 1.25 bits per heavy atom. The Labute approximate surface area is 147 Å². The summed E-state index contributed by atoms with van der Waals surface area (Å²) in [6.45, 7) is 1.20. The van der Waals surface area contributed by atoms with Crippen LogP contribution in [0.25, 0.3) is 10.4 Å². The fourth-order valence-electron chi connectivity index (χ4n) is 3.35. The van der Waals surface area contributed by atoms with Gasteiger partial charge in [-0.2, -0.15) is 0 Å². The second-order valence-corrected chi connectivity index (χ2v) is 7.41. The molecule has 2 atom stereocenters. The normalized spacial score (nSPS) is 20.1. The predicted octanol–water partition coefficient (Wildman–Crippen LogP) is 3.41. The number of nitrogens with two attached hydrogens (primary N) is 1. The van der Waals surface area contributed by atoms with Crippen LogP contribution < -0.4 is 15.8 Å². The van der Waals surface area contributed by atoms with E-state index >= 15 is 0 Å². The zero-order chi connectivity index (χ0) is 16.9. The molecule has 24 heavy (non-hydrogen) atoms. The van der Waals surface area contributed by atoms with Gasteiger partial charge in [-0.05, 0) is 67.3 Å². The van der Waals surface area contributed by atoms with Gasteiger partial charge in [-0.1, -0.05) is 6.42 Å². The van der Waals surface area contributed by atoms with Crippen LogP contribution in [0.4, 0.5) is 0 Å². The number of carbonyl (C=O) groups is 1. The molecule has 0 aliphatic heterocycles. The maximum atomic E-state index is 12.4. The summed E-state index contributed by atoms with van der Waals surface area (Å²) in [4.78, 5) is 14.7. The van der Waals surface area contributed by atoms with Gasteiger partial charge in [0.2, 0.25) is 5.91 Å². The average Bonchev–Trinajstić information content (AvgIpc) is 3.29. The molecule has 1 aliphatic rings. The smallest absolute Gasteiger partial charge is 0.223 e. The van der Waals surface area contributed by atoms with E-state index in [9.17, 15) is 4.79 Å². The van der Waals surface area contributed by atoms with Gasteiger partial charge in [-0.3, -0.25) is 4.79 Å². The zero-order valence-electron chi connectivity index (χ0n) is 14.0. The van der Waals surface area contributed by atoms with Gasteiger partial charge in [0.1, 0.15) is 5.75 Å². The summed E-state index contributed by atoms with van der Waals surface area (Å²) >= 11 is 1.71. The maximum Gasteiger partial charge on any atom is 0.223 e. The molecule has 128 valence electrons. The third-order valence-corrected chi connectivity index (χ3v) is 5.91. The molecule has 3 N–H and O–H groups in total. The molecule has 0 unspecified atom stereocenters. The van der Waals surface area contributed by atoms with Gasteiger partial charge in [0.25, 0.3) is 0 Å². The molecule has 0 bridgehead atoms. The number of ether oxygens (including phenoxy) is 1. The van der Waals surface area contributed by atoms with Crippen LogP contribution in [0.15, 0.2) is 36.4 Å². The summed E-state index contributed by atoms with van der Waals surface area (Å²) in [5.74, 6) is 1.45. The van der Waals surface area contributed by atoms with Crippen molar-refractivity contribution < 1.29 is 9.53 Å². The fraction of sp³-hybridized carbons (Fsp3) is 0.421. The molecule has 1 aromatic carbocycles. The number of methoxy groups -OCH3 is 1. The van der Waals surface area contributed by atoms with Gasteiger partial charge in [0.05, 0.1) is 13.7 Å². The van der Waals surface area contributed by atoms with Crippen molar-refractivity contribution in [2.75, 3.05) is 13.7 Å². The van der Waals surface area contributed by atoms with Crippen LogP contribution in [0, 0.1) is 11.8 Å². The van der Waals surface area contributed by atoms with Crippen LogP contribution >= 0.6 is 11.3 Å². The van der Waals surface area contributed by atoms with E-state index in [4.69, 9.17) is 10.5 Å². The summed E-state index contributed by atoms with van der Waals surface area (Å²) in [5.41, 5.74) is 6.94. The van der Waals surface area contributed by atoms with E-state index in [1.165, 1.54) is 4.88 Å². The maximum absolute atomic E-state index is 12.4. The molecular weight excluding hydrogens is 320 g/mol. The van der Waals surface area contributed by atoms with Crippen LogP contribution in [0.5, 0.6) is 5.75 Å². The van der Waals surface area contributed by atoms with Crippen molar-refractivity contribution in [1.29, 1.82) is 0 Å². The van der Waals surface area contributed by atoms with Crippen LogP contribution in [0.2, 0.25) is 0 Å². The molecule has 0 radical (unpaired) electrons. The lowest BCUT2D eigenvalue weighted by molar-refractivity contribution is -0.126.